The summed E-state index contributed by atoms with van der Waals surface area (Å²) in [5.74, 6) is 0.431. The lowest BCUT2D eigenvalue weighted by Gasteiger charge is -2.13. The number of phenolic OH excluding ortho intramolecular Hbond substituents is 1. The van der Waals surface area contributed by atoms with Gasteiger partial charge in [-0.1, -0.05) is 12.1 Å². The first-order chi connectivity index (χ1) is 8.67. The van der Waals surface area contributed by atoms with Crippen LogP contribution in [0.2, 0.25) is 0 Å². The second-order valence-electron chi connectivity index (χ2n) is 3.70. The van der Waals surface area contributed by atoms with Crippen LogP contribution in [-0.4, -0.2) is 19.3 Å². The minimum Gasteiger partial charge on any atom is -0.507 e. The lowest BCUT2D eigenvalue weighted by atomic mass is 10.0. The molecule has 18 heavy (non-hydrogen) atoms. The van der Waals surface area contributed by atoms with Gasteiger partial charge >= 0.3 is 0 Å². The molecule has 0 heterocycles. The van der Waals surface area contributed by atoms with Crippen LogP contribution in [0.3, 0.4) is 0 Å². The highest BCUT2D eigenvalue weighted by molar-refractivity contribution is 5.78. The molecule has 2 rings (SSSR count). The zero-order valence-electron chi connectivity index (χ0n) is 10.1. The highest BCUT2D eigenvalue weighted by atomic mass is 19.1. The van der Waals surface area contributed by atoms with E-state index in [4.69, 9.17) is 9.47 Å². The number of phenols is 1. The van der Waals surface area contributed by atoms with Gasteiger partial charge in [0, 0.05) is 17.2 Å². The SMILES string of the molecule is COc1cccc(-c2ccc(F)cc2O)c1OC. The molecule has 0 aliphatic rings. The van der Waals surface area contributed by atoms with Gasteiger partial charge in [0.15, 0.2) is 11.5 Å². The van der Waals surface area contributed by atoms with E-state index in [0.29, 0.717) is 22.6 Å². The summed E-state index contributed by atoms with van der Waals surface area (Å²) < 4.78 is 23.4. The Kier molecular flexibility index (Phi) is 3.37. The van der Waals surface area contributed by atoms with E-state index in [1.165, 1.54) is 26.4 Å². The third kappa shape index (κ3) is 2.09. The van der Waals surface area contributed by atoms with Crippen molar-refractivity contribution in [2.24, 2.45) is 0 Å². The summed E-state index contributed by atoms with van der Waals surface area (Å²) in [6.07, 6.45) is 0. The van der Waals surface area contributed by atoms with E-state index in [-0.39, 0.29) is 5.75 Å². The van der Waals surface area contributed by atoms with Crippen LogP contribution in [0, 0.1) is 5.82 Å². The molecule has 0 aliphatic carbocycles. The molecule has 2 aromatic carbocycles. The molecule has 0 atom stereocenters. The third-order valence-electron chi connectivity index (χ3n) is 2.65. The Morgan fingerprint density at radius 3 is 2.39 bits per heavy atom. The lowest BCUT2D eigenvalue weighted by Crippen LogP contribution is -1.93. The smallest absolute Gasteiger partial charge is 0.168 e. The van der Waals surface area contributed by atoms with Crippen molar-refractivity contribution >= 4 is 0 Å². The number of hydrogen-bond donors (Lipinski definition) is 1. The number of hydrogen-bond acceptors (Lipinski definition) is 3. The summed E-state index contributed by atoms with van der Waals surface area (Å²) in [4.78, 5) is 0. The molecule has 0 spiro atoms. The monoisotopic (exact) mass is 248 g/mol. The van der Waals surface area contributed by atoms with Crippen LogP contribution >= 0.6 is 0 Å². The molecule has 0 saturated heterocycles. The summed E-state index contributed by atoms with van der Waals surface area (Å²) in [5, 5.41) is 9.79. The van der Waals surface area contributed by atoms with Crippen molar-refractivity contribution in [1.29, 1.82) is 0 Å². The Morgan fingerprint density at radius 1 is 1.00 bits per heavy atom. The average molecular weight is 248 g/mol. The summed E-state index contributed by atoms with van der Waals surface area (Å²) in [6.45, 7) is 0. The van der Waals surface area contributed by atoms with Crippen LogP contribution in [-0.2, 0) is 0 Å². The summed E-state index contributed by atoms with van der Waals surface area (Å²) in [6, 6.07) is 9.15. The Morgan fingerprint density at radius 2 is 1.78 bits per heavy atom. The largest absolute Gasteiger partial charge is 0.507 e. The first kappa shape index (κ1) is 12.2. The summed E-state index contributed by atoms with van der Waals surface area (Å²) in [7, 11) is 3.05. The predicted molar refractivity (Wildman–Crippen MR) is 66.6 cm³/mol. The summed E-state index contributed by atoms with van der Waals surface area (Å²) in [5.41, 5.74) is 1.14. The molecule has 0 saturated carbocycles. The van der Waals surface area contributed by atoms with Gasteiger partial charge in [0.05, 0.1) is 14.2 Å². The van der Waals surface area contributed by atoms with Gasteiger partial charge in [-0.25, -0.2) is 4.39 Å². The van der Waals surface area contributed by atoms with E-state index in [9.17, 15) is 9.50 Å². The van der Waals surface area contributed by atoms with E-state index in [0.717, 1.165) is 6.07 Å². The number of methoxy groups -OCH3 is 2. The van der Waals surface area contributed by atoms with Crippen molar-refractivity contribution in [2.45, 2.75) is 0 Å². The normalized spacial score (nSPS) is 10.2. The molecule has 4 heteroatoms. The average Bonchev–Trinajstić information content (AvgIpc) is 2.37. The molecular weight excluding hydrogens is 235 g/mol. The van der Waals surface area contributed by atoms with Gasteiger partial charge in [-0.15, -0.1) is 0 Å². The number of halogens is 1. The third-order valence-corrected chi connectivity index (χ3v) is 2.65. The van der Waals surface area contributed by atoms with Crippen LogP contribution in [0.5, 0.6) is 17.2 Å². The molecule has 0 aromatic heterocycles. The highest BCUT2D eigenvalue weighted by Crippen LogP contribution is 2.41. The molecule has 3 nitrogen and oxygen atoms in total. The second-order valence-corrected chi connectivity index (χ2v) is 3.70. The fraction of sp³-hybridized carbons (Fsp3) is 0.143. The molecule has 0 amide bonds. The number of ether oxygens (including phenoxy) is 2. The number of rotatable bonds is 3. The van der Waals surface area contributed by atoms with Crippen molar-refractivity contribution in [3.8, 4) is 28.4 Å². The fourth-order valence-electron chi connectivity index (χ4n) is 1.83. The molecule has 0 unspecified atom stereocenters. The van der Waals surface area contributed by atoms with Gasteiger partial charge in [0.1, 0.15) is 11.6 Å². The molecule has 0 aliphatic heterocycles. The summed E-state index contributed by atoms with van der Waals surface area (Å²) >= 11 is 0. The molecule has 2 aromatic rings. The minimum atomic E-state index is -0.488. The molecule has 0 radical (unpaired) electrons. The molecule has 94 valence electrons. The van der Waals surface area contributed by atoms with Gasteiger partial charge < -0.3 is 14.6 Å². The zero-order valence-corrected chi connectivity index (χ0v) is 10.1. The van der Waals surface area contributed by atoms with Crippen molar-refractivity contribution in [1.82, 2.24) is 0 Å². The van der Waals surface area contributed by atoms with E-state index < -0.39 is 5.82 Å². The van der Waals surface area contributed by atoms with Gasteiger partial charge in [0.25, 0.3) is 0 Å². The zero-order chi connectivity index (χ0) is 13.1. The first-order valence-corrected chi connectivity index (χ1v) is 5.37. The minimum absolute atomic E-state index is 0.137. The van der Waals surface area contributed by atoms with Gasteiger partial charge in [-0.2, -0.15) is 0 Å². The van der Waals surface area contributed by atoms with Crippen LogP contribution in [0.1, 0.15) is 0 Å². The van der Waals surface area contributed by atoms with E-state index in [1.54, 1.807) is 18.2 Å². The highest BCUT2D eigenvalue weighted by Gasteiger charge is 2.14. The quantitative estimate of drug-likeness (QED) is 0.906. The maximum Gasteiger partial charge on any atom is 0.168 e. The standard InChI is InChI=1S/C14H13FO3/c1-17-13-5-3-4-11(14(13)18-2)10-7-6-9(15)8-12(10)16/h3-8,16H,1-2H3. The van der Waals surface area contributed by atoms with Gasteiger partial charge in [-0.3, -0.25) is 0 Å². The topological polar surface area (TPSA) is 38.7 Å². The van der Waals surface area contributed by atoms with E-state index in [1.807, 2.05) is 0 Å². The number of para-hydroxylation sites is 1. The van der Waals surface area contributed by atoms with Crippen LogP contribution < -0.4 is 9.47 Å². The van der Waals surface area contributed by atoms with Crippen LogP contribution in [0.4, 0.5) is 4.39 Å². The second kappa shape index (κ2) is 4.96. The van der Waals surface area contributed by atoms with Crippen molar-refractivity contribution in [2.75, 3.05) is 14.2 Å². The lowest BCUT2D eigenvalue weighted by molar-refractivity contribution is 0.356. The maximum atomic E-state index is 13.0. The van der Waals surface area contributed by atoms with Crippen LogP contribution in [0.25, 0.3) is 11.1 Å². The Bertz CT molecular complexity index is 567. The number of aromatic hydroxyl groups is 1. The first-order valence-electron chi connectivity index (χ1n) is 5.37. The predicted octanol–water partition coefficient (Wildman–Crippen LogP) is 3.22. The van der Waals surface area contributed by atoms with E-state index in [2.05, 4.69) is 0 Å². The molecule has 1 N–H and O–H groups in total. The molecular formula is C14H13FO3. The number of benzene rings is 2. The van der Waals surface area contributed by atoms with Gasteiger partial charge in [0.2, 0.25) is 0 Å². The van der Waals surface area contributed by atoms with Gasteiger partial charge in [-0.05, 0) is 18.2 Å². The van der Waals surface area contributed by atoms with Crippen molar-refractivity contribution < 1.29 is 19.0 Å². The Balaban J connectivity index is 2.63. The maximum absolute atomic E-state index is 13.0. The van der Waals surface area contributed by atoms with Crippen molar-refractivity contribution in [3.05, 3.63) is 42.2 Å². The van der Waals surface area contributed by atoms with E-state index >= 15 is 0 Å². The van der Waals surface area contributed by atoms with Crippen LogP contribution in [0.15, 0.2) is 36.4 Å². The molecule has 0 fully saturated rings. The van der Waals surface area contributed by atoms with Crippen molar-refractivity contribution in [3.63, 3.8) is 0 Å². The fourth-order valence-corrected chi connectivity index (χ4v) is 1.83. The Labute approximate surface area is 104 Å². The Hall–Kier alpha value is -2.23. The molecule has 0 bridgehead atoms.